The molecule has 1 amide bonds. The van der Waals surface area contributed by atoms with Gasteiger partial charge in [0.25, 0.3) is 5.91 Å². The highest BCUT2D eigenvalue weighted by Gasteiger charge is 2.24. The van der Waals surface area contributed by atoms with Crippen LogP contribution in [0.15, 0.2) is 42.5 Å². The van der Waals surface area contributed by atoms with Gasteiger partial charge in [-0.25, -0.2) is 4.39 Å². The van der Waals surface area contributed by atoms with Crippen LogP contribution in [0.2, 0.25) is 0 Å². The molecule has 0 spiro atoms. The lowest BCUT2D eigenvalue weighted by atomic mass is 9.94. The molecule has 1 unspecified atom stereocenters. The third-order valence-corrected chi connectivity index (χ3v) is 4.79. The summed E-state index contributed by atoms with van der Waals surface area (Å²) >= 11 is 0. The lowest BCUT2D eigenvalue weighted by Crippen LogP contribution is -2.45. The van der Waals surface area contributed by atoms with Gasteiger partial charge in [0.1, 0.15) is 5.82 Å². The molecular formula is C20H23FN2O. The molecule has 0 aliphatic carbocycles. The van der Waals surface area contributed by atoms with Crippen molar-refractivity contribution >= 4 is 5.91 Å². The fourth-order valence-corrected chi connectivity index (χ4v) is 3.18. The Kier molecular flexibility index (Phi) is 4.95. The Morgan fingerprint density at radius 3 is 2.67 bits per heavy atom. The first-order valence-corrected chi connectivity index (χ1v) is 8.41. The predicted molar refractivity (Wildman–Crippen MR) is 93.5 cm³/mol. The summed E-state index contributed by atoms with van der Waals surface area (Å²) in [5.74, 6) is -0.256. The minimum absolute atomic E-state index is 0.0592. The van der Waals surface area contributed by atoms with E-state index in [9.17, 15) is 9.18 Å². The Labute approximate surface area is 142 Å². The number of carbonyl (C=O) groups is 1. The highest BCUT2D eigenvalue weighted by atomic mass is 19.1. The van der Waals surface area contributed by atoms with Gasteiger partial charge in [0.15, 0.2) is 0 Å². The van der Waals surface area contributed by atoms with E-state index in [1.165, 1.54) is 11.6 Å². The van der Waals surface area contributed by atoms with Crippen molar-refractivity contribution in [1.29, 1.82) is 0 Å². The largest absolute Gasteiger partial charge is 0.350 e. The van der Waals surface area contributed by atoms with E-state index in [-0.39, 0.29) is 17.8 Å². The summed E-state index contributed by atoms with van der Waals surface area (Å²) in [7, 11) is 2.04. The van der Waals surface area contributed by atoms with Crippen molar-refractivity contribution in [2.24, 2.45) is 0 Å². The summed E-state index contributed by atoms with van der Waals surface area (Å²) in [4.78, 5) is 14.5. The lowest BCUT2D eigenvalue weighted by molar-refractivity contribution is 0.0934. The van der Waals surface area contributed by atoms with E-state index in [4.69, 9.17) is 0 Å². The van der Waals surface area contributed by atoms with E-state index >= 15 is 0 Å². The van der Waals surface area contributed by atoms with E-state index in [0.717, 1.165) is 30.5 Å². The molecule has 1 atom stereocenters. The van der Waals surface area contributed by atoms with E-state index < -0.39 is 0 Å². The first-order chi connectivity index (χ1) is 11.6. The monoisotopic (exact) mass is 326 g/mol. The van der Waals surface area contributed by atoms with Crippen LogP contribution in [0.3, 0.4) is 0 Å². The summed E-state index contributed by atoms with van der Waals surface area (Å²) in [6, 6.07) is 12.9. The van der Waals surface area contributed by atoms with E-state index in [2.05, 4.69) is 17.1 Å². The highest BCUT2D eigenvalue weighted by molar-refractivity contribution is 5.94. The third-order valence-electron chi connectivity index (χ3n) is 4.79. The lowest BCUT2D eigenvalue weighted by Gasteiger charge is -2.34. The third kappa shape index (κ3) is 3.65. The standard InChI is InChI=1S/C20H23FN2O/c1-3-14-4-6-15(7-5-14)20(24)22-12-19-11-17-10-18(21)9-8-16(17)13-23(19)2/h4-10,19H,3,11-13H2,1-2H3,(H,22,24). The molecule has 24 heavy (non-hydrogen) atoms. The molecule has 3 rings (SSSR count). The minimum atomic E-state index is -0.197. The normalized spacial score (nSPS) is 17.4. The van der Waals surface area contributed by atoms with Crippen molar-refractivity contribution in [1.82, 2.24) is 10.2 Å². The second-order valence-electron chi connectivity index (χ2n) is 6.45. The van der Waals surface area contributed by atoms with Crippen LogP contribution in [0, 0.1) is 5.82 Å². The average Bonchev–Trinajstić information content (AvgIpc) is 2.60. The minimum Gasteiger partial charge on any atom is -0.350 e. The Morgan fingerprint density at radius 2 is 1.96 bits per heavy atom. The summed E-state index contributed by atoms with van der Waals surface area (Å²) in [6.07, 6.45) is 1.71. The average molecular weight is 326 g/mol. The smallest absolute Gasteiger partial charge is 0.251 e. The first-order valence-electron chi connectivity index (χ1n) is 8.41. The zero-order valence-electron chi connectivity index (χ0n) is 14.2. The molecule has 4 heteroatoms. The maximum atomic E-state index is 13.4. The number of carbonyl (C=O) groups excluding carboxylic acids is 1. The molecule has 0 fully saturated rings. The van der Waals surface area contributed by atoms with Crippen molar-refractivity contribution in [3.63, 3.8) is 0 Å². The Bertz CT molecular complexity index is 727. The fraction of sp³-hybridized carbons (Fsp3) is 0.350. The van der Waals surface area contributed by atoms with Crippen LogP contribution in [-0.2, 0) is 19.4 Å². The molecule has 0 radical (unpaired) electrons. The van der Waals surface area contributed by atoms with Gasteiger partial charge in [-0.1, -0.05) is 25.1 Å². The van der Waals surface area contributed by atoms with Gasteiger partial charge in [-0.2, -0.15) is 0 Å². The van der Waals surface area contributed by atoms with Crippen LogP contribution in [0.25, 0.3) is 0 Å². The molecule has 0 saturated carbocycles. The van der Waals surface area contributed by atoms with E-state index in [1.807, 2.05) is 37.4 Å². The summed E-state index contributed by atoms with van der Waals surface area (Å²) in [6.45, 7) is 3.43. The van der Waals surface area contributed by atoms with Gasteiger partial charge in [-0.3, -0.25) is 9.69 Å². The summed E-state index contributed by atoms with van der Waals surface area (Å²) < 4.78 is 13.4. The van der Waals surface area contributed by atoms with Crippen LogP contribution in [0.1, 0.15) is 34.0 Å². The zero-order chi connectivity index (χ0) is 17.1. The van der Waals surface area contributed by atoms with Crippen LogP contribution in [0.5, 0.6) is 0 Å². The first kappa shape index (κ1) is 16.7. The second-order valence-corrected chi connectivity index (χ2v) is 6.45. The molecule has 1 N–H and O–H groups in total. The molecule has 0 aromatic heterocycles. The van der Waals surface area contributed by atoms with E-state index in [0.29, 0.717) is 12.1 Å². The predicted octanol–water partition coefficient (Wildman–Crippen LogP) is 3.17. The summed E-state index contributed by atoms with van der Waals surface area (Å²) in [5, 5.41) is 3.01. The molecule has 1 aliphatic rings. The highest BCUT2D eigenvalue weighted by Crippen LogP contribution is 2.22. The molecule has 2 aromatic carbocycles. The Morgan fingerprint density at radius 1 is 1.21 bits per heavy atom. The number of amides is 1. The van der Waals surface area contributed by atoms with Crippen molar-refractivity contribution in [2.45, 2.75) is 32.4 Å². The van der Waals surface area contributed by atoms with Gasteiger partial charge < -0.3 is 5.32 Å². The van der Waals surface area contributed by atoms with Crippen molar-refractivity contribution in [3.05, 3.63) is 70.5 Å². The van der Waals surface area contributed by atoms with Gasteiger partial charge >= 0.3 is 0 Å². The number of fused-ring (bicyclic) bond motifs is 1. The molecule has 126 valence electrons. The molecule has 0 saturated heterocycles. The summed E-state index contributed by atoms with van der Waals surface area (Å²) in [5.41, 5.74) is 4.10. The number of aryl methyl sites for hydroxylation is 1. The van der Waals surface area contributed by atoms with Gasteiger partial charge in [-0.05, 0) is 60.8 Å². The Balaban J connectivity index is 1.62. The molecule has 3 nitrogen and oxygen atoms in total. The number of nitrogens with zero attached hydrogens (tertiary/aromatic N) is 1. The van der Waals surface area contributed by atoms with E-state index in [1.54, 1.807) is 6.07 Å². The van der Waals surface area contributed by atoms with Crippen LogP contribution >= 0.6 is 0 Å². The van der Waals surface area contributed by atoms with Crippen molar-refractivity contribution < 1.29 is 9.18 Å². The second kappa shape index (κ2) is 7.14. The molecular weight excluding hydrogens is 303 g/mol. The van der Waals surface area contributed by atoms with Gasteiger partial charge in [0.05, 0.1) is 0 Å². The number of hydrogen-bond acceptors (Lipinski definition) is 2. The molecule has 1 heterocycles. The molecule has 1 aliphatic heterocycles. The quantitative estimate of drug-likeness (QED) is 0.936. The van der Waals surface area contributed by atoms with Gasteiger partial charge in [-0.15, -0.1) is 0 Å². The number of benzene rings is 2. The number of rotatable bonds is 4. The maximum Gasteiger partial charge on any atom is 0.251 e. The van der Waals surface area contributed by atoms with Crippen LogP contribution in [0.4, 0.5) is 4.39 Å². The number of halogens is 1. The zero-order valence-corrected chi connectivity index (χ0v) is 14.2. The SMILES string of the molecule is CCc1ccc(C(=O)NCC2Cc3cc(F)ccc3CN2C)cc1. The topological polar surface area (TPSA) is 32.3 Å². The Hall–Kier alpha value is -2.20. The van der Waals surface area contributed by atoms with Gasteiger partial charge in [0, 0.05) is 24.7 Å². The number of hydrogen-bond donors (Lipinski definition) is 1. The van der Waals surface area contributed by atoms with Crippen molar-refractivity contribution in [2.75, 3.05) is 13.6 Å². The molecule has 2 aromatic rings. The maximum absolute atomic E-state index is 13.4. The fourth-order valence-electron chi connectivity index (χ4n) is 3.18. The number of nitrogens with one attached hydrogen (secondary N) is 1. The number of likely N-dealkylation sites (N-methyl/N-ethyl adjacent to an activating group) is 1. The van der Waals surface area contributed by atoms with Crippen molar-refractivity contribution in [3.8, 4) is 0 Å². The van der Waals surface area contributed by atoms with Crippen LogP contribution in [-0.4, -0.2) is 30.4 Å². The van der Waals surface area contributed by atoms with Crippen LogP contribution < -0.4 is 5.32 Å². The van der Waals surface area contributed by atoms with Gasteiger partial charge in [0.2, 0.25) is 0 Å². The molecule has 0 bridgehead atoms.